The maximum absolute atomic E-state index is 10.9. The van der Waals surface area contributed by atoms with Gasteiger partial charge < -0.3 is 5.11 Å². The Kier molecular flexibility index (Phi) is 1.93. The highest BCUT2D eigenvalue weighted by Crippen LogP contribution is 2.31. The minimum atomic E-state index is -0.853. The van der Waals surface area contributed by atoms with E-state index in [0.29, 0.717) is 0 Å². The lowest BCUT2D eigenvalue weighted by Crippen LogP contribution is -2.31. The van der Waals surface area contributed by atoms with E-state index in [1.54, 1.807) is 0 Å². The fraction of sp³-hybridized carbons (Fsp3) is 0.300. The Hall–Kier alpha value is -1.51. The summed E-state index contributed by atoms with van der Waals surface area (Å²) >= 11 is 0. The number of benzene rings is 1. The van der Waals surface area contributed by atoms with Crippen molar-refractivity contribution >= 4 is 11.8 Å². The van der Waals surface area contributed by atoms with Gasteiger partial charge in [-0.05, 0) is 25.0 Å². The molecule has 0 aliphatic heterocycles. The van der Waals surface area contributed by atoms with Gasteiger partial charge in [0.25, 0.3) is 0 Å². The molecule has 0 heterocycles. The summed E-state index contributed by atoms with van der Waals surface area (Å²) in [4.78, 5) is 12.4. The van der Waals surface area contributed by atoms with Gasteiger partial charge in [-0.3, -0.25) is 4.90 Å². The fourth-order valence-electron chi connectivity index (χ4n) is 1.40. The van der Waals surface area contributed by atoms with Crippen molar-refractivity contribution in [3.05, 3.63) is 30.3 Å². The number of rotatable bonds is 2. The highest BCUT2D eigenvalue weighted by atomic mass is 16.4. The van der Waals surface area contributed by atoms with Crippen molar-refractivity contribution in [2.75, 3.05) is 4.90 Å². The Labute approximate surface area is 76.6 Å². The number of para-hydroxylation sites is 1. The van der Waals surface area contributed by atoms with E-state index in [0.717, 1.165) is 18.5 Å². The average Bonchev–Trinajstić information content (AvgIpc) is 2.90. The SMILES string of the molecule is O=C(O)N(c1ccccc1)C1CC1. The number of hydrogen-bond donors (Lipinski definition) is 1. The number of carboxylic acid groups (broad SMARTS) is 1. The maximum atomic E-state index is 10.9. The summed E-state index contributed by atoms with van der Waals surface area (Å²) < 4.78 is 0. The number of amides is 1. The molecule has 1 aliphatic rings. The molecule has 68 valence electrons. The van der Waals surface area contributed by atoms with Gasteiger partial charge in [-0.2, -0.15) is 0 Å². The number of hydrogen-bond acceptors (Lipinski definition) is 1. The van der Waals surface area contributed by atoms with Crippen LogP contribution in [0.5, 0.6) is 0 Å². The third kappa shape index (κ3) is 1.64. The van der Waals surface area contributed by atoms with Crippen LogP contribution in [0.3, 0.4) is 0 Å². The molecule has 2 rings (SSSR count). The second kappa shape index (κ2) is 3.09. The molecular weight excluding hydrogens is 166 g/mol. The van der Waals surface area contributed by atoms with Crippen LogP contribution >= 0.6 is 0 Å². The summed E-state index contributed by atoms with van der Waals surface area (Å²) in [6.07, 6.45) is 1.12. The highest BCUT2D eigenvalue weighted by molar-refractivity contribution is 5.87. The molecule has 1 aromatic carbocycles. The van der Waals surface area contributed by atoms with Gasteiger partial charge in [0.15, 0.2) is 0 Å². The van der Waals surface area contributed by atoms with Crippen molar-refractivity contribution in [3.8, 4) is 0 Å². The average molecular weight is 177 g/mol. The van der Waals surface area contributed by atoms with Crippen LogP contribution in [0.1, 0.15) is 12.8 Å². The second-order valence-electron chi connectivity index (χ2n) is 3.22. The monoisotopic (exact) mass is 177 g/mol. The molecule has 0 atom stereocenters. The summed E-state index contributed by atoms with van der Waals surface area (Å²) in [5.41, 5.74) is 0.775. The number of anilines is 1. The van der Waals surface area contributed by atoms with Crippen molar-refractivity contribution in [2.24, 2.45) is 0 Å². The van der Waals surface area contributed by atoms with Crippen LogP contribution in [0, 0.1) is 0 Å². The van der Waals surface area contributed by atoms with Gasteiger partial charge in [0.2, 0.25) is 0 Å². The van der Waals surface area contributed by atoms with Gasteiger partial charge in [-0.15, -0.1) is 0 Å². The molecule has 3 heteroatoms. The first-order valence-electron chi connectivity index (χ1n) is 4.36. The molecule has 1 fully saturated rings. The van der Waals surface area contributed by atoms with Gasteiger partial charge in [0, 0.05) is 11.7 Å². The molecule has 0 spiro atoms. The van der Waals surface area contributed by atoms with Crippen LogP contribution in [0.2, 0.25) is 0 Å². The zero-order valence-corrected chi connectivity index (χ0v) is 7.18. The Morgan fingerprint density at radius 2 is 1.92 bits per heavy atom. The van der Waals surface area contributed by atoms with Crippen LogP contribution in [0.15, 0.2) is 30.3 Å². The summed E-state index contributed by atoms with van der Waals surface area (Å²) in [5, 5.41) is 8.96. The summed E-state index contributed by atoms with van der Waals surface area (Å²) in [5.74, 6) is 0. The molecule has 3 nitrogen and oxygen atoms in total. The Morgan fingerprint density at radius 3 is 2.38 bits per heavy atom. The molecule has 13 heavy (non-hydrogen) atoms. The van der Waals surface area contributed by atoms with Crippen LogP contribution in [-0.2, 0) is 0 Å². The smallest absolute Gasteiger partial charge is 0.412 e. The van der Waals surface area contributed by atoms with Crippen molar-refractivity contribution in [1.82, 2.24) is 0 Å². The standard InChI is InChI=1S/C10H11NO2/c12-10(13)11(9-6-7-9)8-4-2-1-3-5-8/h1-5,9H,6-7H2,(H,12,13). The topological polar surface area (TPSA) is 40.5 Å². The first kappa shape index (κ1) is 8.10. The first-order chi connectivity index (χ1) is 6.29. The van der Waals surface area contributed by atoms with Crippen molar-refractivity contribution in [1.29, 1.82) is 0 Å². The molecule has 0 radical (unpaired) electrons. The molecular formula is C10H11NO2. The normalized spacial score (nSPS) is 15.4. The van der Waals surface area contributed by atoms with Crippen LogP contribution in [0.4, 0.5) is 10.5 Å². The lowest BCUT2D eigenvalue weighted by molar-refractivity contribution is 0.201. The minimum Gasteiger partial charge on any atom is -0.465 e. The van der Waals surface area contributed by atoms with Crippen molar-refractivity contribution in [3.63, 3.8) is 0 Å². The second-order valence-corrected chi connectivity index (χ2v) is 3.22. The minimum absolute atomic E-state index is 0.208. The van der Waals surface area contributed by atoms with Gasteiger partial charge in [0.1, 0.15) is 0 Å². The fourth-order valence-corrected chi connectivity index (χ4v) is 1.40. The van der Waals surface area contributed by atoms with Gasteiger partial charge in [0.05, 0.1) is 0 Å². The van der Waals surface area contributed by atoms with Gasteiger partial charge in [-0.1, -0.05) is 18.2 Å². The Morgan fingerprint density at radius 1 is 1.31 bits per heavy atom. The quantitative estimate of drug-likeness (QED) is 0.753. The summed E-state index contributed by atoms with van der Waals surface area (Å²) in [6.45, 7) is 0. The molecule has 1 amide bonds. The van der Waals surface area contributed by atoms with E-state index in [1.165, 1.54) is 4.90 Å². The van der Waals surface area contributed by atoms with Crippen molar-refractivity contribution in [2.45, 2.75) is 18.9 Å². The van der Waals surface area contributed by atoms with Gasteiger partial charge >= 0.3 is 6.09 Å². The van der Waals surface area contributed by atoms with Crippen LogP contribution < -0.4 is 4.90 Å². The van der Waals surface area contributed by atoms with Crippen LogP contribution in [-0.4, -0.2) is 17.2 Å². The molecule has 0 unspecified atom stereocenters. The van der Waals surface area contributed by atoms with E-state index < -0.39 is 6.09 Å². The zero-order valence-electron chi connectivity index (χ0n) is 7.18. The lowest BCUT2D eigenvalue weighted by atomic mass is 10.3. The lowest BCUT2D eigenvalue weighted by Gasteiger charge is -2.18. The molecule has 0 aromatic heterocycles. The first-order valence-corrected chi connectivity index (χ1v) is 4.36. The predicted octanol–water partition coefficient (Wildman–Crippen LogP) is 2.33. The van der Waals surface area contributed by atoms with E-state index in [-0.39, 0.29) is 6.04 Å². The van der Waals surface area contributed by atoms with E-state index in [9.17, 15) is 4.79 Å². The summed E-state index contributed by atoms with van der Waals surface area (Å²) in [6, 6.07) is 9.45. The van der Waals surface area contributed by atoms with Crippen molar-refractivity contribution < 1.29 is 9.90 Å². The van der Waals surface area contributed by atoms with E-state index >= 15 is 0 Å². The Balaban J connectivity index is 2.25. The molecule has 1 saturated carbocycles. The van der Waals surface area contributed by atoms with E-state index in [2.05, 4.69) is 0 Å². The third-order valence-electron chi connectivity index (χ3n) is 2.15. The largest absolute Gasteiger partial charge is 0.465 e. The highest BCUT2D eigenvalue weighted by Gasteiger charge is 2.33. The Bertz CT molecular complexity index is 306. The maximum Gasteiger partial charge on any atom is 0.412 e. The summed E-state index contributed by atoms with van der Waals surface area (Å²) in [7, 11) is 0. The molecule has 0 saturated heterocycles. The number of nitrogens with zero attached hydrogens (tertiary/aromatic N) is 1. The van der Waals surface area contributed by atoms with E-state index in [1.807, 2.05) is 30.3 Å². The van der Waals surface area contributed by atoms with Gasteiger partial charge in [-0.25, -0.2) is 4.79 Å². The molecule has 1 aliphatic carbocycles. The van der Waals surface area contributed by atoms with Crippen LogP contribution in [0.25, 0.3) is 0 Å². The number of carbonyl (C=O) groups is 1. The predicted molar refractivity (Wildman–Crippen MR) is 50.0 cm³/mol. The third-order valence-corrected chi connectivity index (χ3v) is 2.15. The van der Waals surface area contributed by atoms with E-state index in [4.69, 9.17) is 5.11 Å². The molecule has 0 bridgehead atoms. The zero-order chi connectivity index (χ0) is 9.26. The molecule has 1 aromatic rings. The molecule has 1 N–H and O–H groups in total.